The van der Waals surface area contributed by atoms with Crippen LogP contribution in [0.1, 0.15) is 43.5 Å². The highest BCUT2D eigenvalue weighted by molar-refractivity contribution is 5.90. The first-order valence-corrected chi connectivity index (χ1v) is 8.53. The summed E-state index contributed by atoms with van der Waals surface area (Å²) in [5, 5.41) is 10.9. The van der Waals surface area contributed by atoms with E-state index < -0.39 is 0 Å². The van der Waals surface area contributed by atoms with Gasteiger partial charge in [0.1, 0.15) is 0 Å². The molecule has 1 atom stereocenters. The van der Waals surface area contributed by atoms with E-state index in [9.17, 15) is 0 Å². The van der Waals surface area contributed by atoms with E-state index in [4.69, 9.17) is 0 Å². The van der Waals surface area contributed by atoms with Gasteiger partial charge in [-0.15, -0.1) is 0 Å². The molecular weight excluding hydrogens is 282 g/mol. The van der Waals surface area contributed by atoms with E-state index in [1.165, 1.54) is 41.3 Å². The summed E-state index contributed by atoms with van der Waals surface area (Å²) >= 11 is 0. The average Bonchev–Trinajstić information content (AvgIpc) is 2.92. The first-order valence-electron chi connectivity index (χ1n) is 8.53. The van der Waals surface area contributed by atoms with E-state index in [0.29, 0.717) is 12.1 Å². The van der Waals surface area contributed by atoms with Gasteiger partial charge in [-0.25, -0.2) is 4.68 Å². The van der Waals surface area contributed by atoms with E-state index in [-0.39, 0.29) is 0 Å². The van der Waals surface area contributed by atoms with Crippen molar-refractivity contribution < 1.29 is 0 Å². The van der Waals surface area contributed by atoms with Crippen LogP contribution in [0.25, 0.3) is 16.5 Å². The van der Waals surface area contributed by atoms with Gasteiger partial charge < -0.3 is 5.32 Å². The molecule has 1 saturated carbocycles. The normalized spacial score (nSPS) is 16.4. The molecule has 3 nitrogen and oxygen atoms in total. The van der Waals surface area contributed by atoms with Crippen molar-refractivity contribution in [2.24, 2.45) is 0 Å². The Kier molecular flexibility index (Phi) is 3.66. The standard InChI is InChI=1S/C20H23N3/c1-14(22-17-9-6-10-17)19-13-21-23(15(19)2)20-12-5-8-16-7-3-4-11-18(16)20/h3-5,7-8,11-14,17,22H,6,9-10H2,1-2H3/t14-/m1/s1. The molecule has 4 rings (SSSR count). The zero-order valence-corrected chi connectivity index (χ0v) is 13.8. The van der Waals surface area contributed by atoms with Crippen molar-refractivity contribution in [3.63, 3.8) is 0 Å². The molecule has 0 amide bonds. The minimum atomic E-state index is 0.351. The Balaban J connectivity index is 1.72. The molecule has 0 unspecified atom stereocenters. The molecular formula is C20H23N3. The number of hydrogen-bond acceptors (Lipinski definition) is 2. The summed E-state index contributed by atoms with van der Waals surface area (Å²) in [6, 6.07) is 15.9. The van der Waals surface area contributed by atoms with Crippen LogP contribution in [0.4, 0.5) is 0 Å². The molecule has 0 radical (unpaired) electrons. The summed E-state index contributed by atoms with van der Waals surface area (Å²) in [6.45, 7) is 4.42. The molecule has 3 heteroatoms. The second-order valence-electron chi connectivity index (χ2n) is 6.61. The number of nitrogens with one attached hydrogen (secondary N) is 1. The highest BCUT2D eigenvalue weighted by atomic mass is 15.3. The third-order valence-corrected chi connectivity index (χ3v) is 5.10. The number of rotatable bonds is 4. The van der Waals surface area contributed by atoms with Crippen molar-refractivity contribution in [1.82, 2.24) is 15.1 Å². The van der Waals surface area contributed by atoms with Crippen LogP contribution in [-0.2, 0) is 0 Å². The smallest absolute Gasteiger partial charge is 0.0727 e. The van der Waals surface area contributed by atoms with Crippen LogP contribution in [0.5, 0.6) is 0 Å². The first-order chi connectivity index (χ1) is 11.2. The summed E-state index contributed by atoms with van der Waals surface area (Å²) in [6.07, 6.45) is 5.99. The van der Waals surface area contributed by atoms with E-state index >= 15 is 0 Å². The lowest BCUT2D eigenvalue weighted by Gasteiger charge is -2.30. The van der Waals surface area contributed by atoms with Gasteiger partial charge in [-0.2, -0.15) is 5.10 Å². The summed E-state index contributed by atoms with van der Waals surface area (Å²) in [5.74, 6) is 0. The molecule has 1 aliphatic rings. The maximum atomic E-state index is 4.68. The Labute approximate surface area is 137 Å². The Morgan fingerprint density at radius 1 is 1.13 bits per heavy atom. The third-order valence-electron chi connectivity index (χ3n) is 5.10. The molecule has 0 saturated heterocycles. The molecule has 1 N–H and O–H groups in total. The van der Waals surface area contributed by atoms with Crippen molar-refractivity contribution >= 4 is 10.8 Å². The summed E-state index contributed by atoms with van der Waals surface area (Å²) < 4.78 is 2.08. The first kappa shape index (κ1) is 14.5. The van der Waals surface area contributed by atoms with E-state index in [1.807, 2.05) is 6.20 Å². The molecule has 1 heterocycles. The van der Waals surface area contributed by atoms with Crippen LogP contribution in [0.3, 0.4) is 0 Å². The fourth-order valence-electron chi connectivity index (χ4n) is 3.50. The highest BCUT2D eigenvalue weighted by Crippen LogP contribution is 2.27. The number of hydrogen-bond donors (Lipinski definition) is 1. The monoisotopic (exact) mass is 305 g/mol. The van der Waals surface area contributed by atoms with Crippen molar-refractivity contribution in [3.8, 4) is 5.69 Å². The van der Waals surface area contributed by atoms with Gasteiger partial charge in [-0.3, -0.25) is 0 Å². The maximum absolute atomic E-state index is 4.68. The van der Waals surface area contributed by atoms with Gasteiger partial charge in [0.25, 0.3) is 0 Å². The number of nitrogens with zero attached hydrogens (tertiary/aromatic N) is 2. The van der Waals surface area contributed by atoms with Crippen LogP contribution in [0.2, 0.25) is 0 Å². The molecule has 3 aromatic rings. The number of aromatic nitrogens is 2. The minimum absolute atomic E-state index is 0.351. The molecule has 0 bridgehead atoms. The lowest BCUT2D eigenvalue weighted by Crippen LogP contribution is -2.36. The summed E-state index contributed by atoms with van der Waals surface area (Å²) in [4.78, 5) is 0. The zero-order valence-electron chi connectivity index (χ0n) is 13.8. The van der Waals surface area contributed by atoms with Crippen LogP contribution < -0.4 is 5.32 Å². The second-order valence-corrected chi connectivity index (χ2v) is 6.61. The zero-order chi connectivity index (χ0) is 15.8. The lowest BCUT2D eigenvalue weighted by molar-refractivity contribution is 0.313. The summed E-state index contributed by atoms with van der Waals surface area (Å²) in [7, 11) is 0. The second kappa shape index (κ2) is 5.82. The topological polar surface area (TPSA) is 29.9 Å². The molecule has 1 fully saturated rings. The fraction of sp³-hybridized carbons (Fsp3) is 0.350. The van der Waals surface area contributed by atoms with E-state index in [2.05, 4.69) is 71.4 Å². The fourth-order valence-corrected chi connectivity index (χ4v) is 3.50. The van der Waals surface area contributed by atoms with Crippen LogP contribution in [-0.4, -0.2) is 15.8 Å². The molecule has 2 aromatic carbocycles. The Morgan fingerprint density at radius 3 is 2.70 bits per heavy atom. The van der Waals surface area contributed by atoms with Crippen molar-refractivity contribution in [3.05, 3.63) is 59.9 Å². The quantitative estimate of drug-likeness (QED) is 0.767. The van der Waals surface area contributed by atoms with Gasteiger partial charge in [-0.1, -0.05) is 42.8 Å². The van der Waals surface area contributed by atoms with Gasteiger partial charge in [-0.05, 0) is 38.1 Å². The van der Waals surface area contributed by atoms with Gasteiger partial charge in [0.15, 0.2) is 0 Å². The largest absolute Gasteiger partial charge is 0.307 e. The molecule has 0 spiro atoms. The Bertz CT molecular complexity index is 825. The predicted octanol–water partition coefficient (Wildman–Crippen LogP) is 4.54. The predicted molar refractivity (Wildman–Crippen MR) is 95.0 cm³/mol. The Morgan fingerprint density at radius 2 is 1.91 bits per heavy atom. The number of benzene rings is 2. The van der Waals surface area contributed by atoms with Gasteiger partial charge in [0.05, 0.1) is 11.9 Å². The highest BCUT2D eigenvalue weighted by Gasteiger charge is 2.22. The van der Waals surface area contributed by atoms with Crippen LogP contribution in [0, 0.1) is 6.92 Å². The maximum Gasteiger partial charge on any atom is 0.0727 e. The molecule has 1 aliphatic carbocycles. The molecule has 118 valence electrons. The Hall–Kier alpha value is -2.13. The third kappa shape index (κ3) is 2.55. The van der Waals surface area contributed by atoms with Crippen LogP contribution in [0.15, 0.2) is 48.7 Å². The SMILES string of the molecule is Cc1c([C@@H](C)NC2CCC2)cnn1-c1cccc2ccccc12. The van der Waals surface area contributed by atoms with Crippen LogP contribution >= 0.6 is 0 Å². The number of fused-ring (bicyclic) bond motifs is 1. The van der Waals surface area contributed by atoms with Gasteiger partial charge >= 0.3 is 0 Å². The van der Waals surface area contributed by atoms with Crippen molar-refractivity contribution in [2.75, 3.05) is 0 Å². The molecule has 23 heavy (non-hydrogen) atoms. The summed E-state index contributed by atoms with van der Waals surface area (Å²) in [5.41, 5.74) is 3.67. The van der Waals surface area contributed by atoms with Crippen molar-refractivity contribution in [2.45, 2.75) is 45.2 Å². The van der Waals surface area contributed by atoms with Gasteiger partial charge in [0, 0.05) is 28.7 Å². The van der Waals surface area contributed by atoms with E-state index in [0.717, 1.165) is 5.69 Å². The van der Waals surface area contributed by atoms with Crippen molar-refractivity contribution in [1.29, 1.82) is 0 Å². The van der Waals surface area contributed by atoms with Gasteiger partial charge in [0.2, 0.25) is 0 Å². The molecule has 0 aliphatic heterocycles. The van der Waals surface area contributed by atoms with E-state index in [1.54, 1.807) is 0 Å². The average molecular weight is 305 g/mol. The lowest BCUT2D eigenvalue weighted by atomic mass is 9.92. The minimum Gasteiger partial charge on any atom is -0.307 e. The molecule has 1 aromatic heterocycles.